The molecule has 1 N–H and O–H groups in total. The van der Waals surface area contributed by atoms with E-state index in [1.807, 2.05) is 23.5 Å². The van der Waals surface area contributed by atoms with Crippen molar-refractivity contribution in [2.45, 2.75) is 32.0 Å². The second kappa shape index (κ2) is 5.89. The Kier molecular flexibility index (Phi) is 4.48. The van der Waals surface area contributed by atoms with Crippen molar-refractivity contribution < 1.29 is 9.84 Å². The minimum absolute atomic E-state index is 0.0336. The number of aliphatic hydroxyl groups is 1. The molecular weight excluding hydrogens is 236 g/mol. The van der Waals surface area contributed by atoms with E-state index in [4.69, 9.17) is 4.74 Å². The molecule has 2 heterocycles. The zero-order valence-corrected chi connectivity index (χ0v) is 11.2. The average molecular weight is 256 g/mol. The number of nitrogens with zero attached hydrogens (tertiary/aromatic N) is 2. The largest absolute Gasteiger partial charge is 0.390 e. The van der Waals surface area contributed by atoms with E-state index in [2.05, 4.69) is 18.1 Å². The van der Waals surface area contributed by atoms with Crippen LogP contribution in [-0.2, 0) is 24.6 Å². The zero-order valence-electron chi connectivity index (χ0n) is 10.4. The van der Waals surface area contributed by atoms with Gasteiger partial charge < -0.3 is 9.84 Å². The summed E-state index contributed by atoms with van der Waals surface area (Å²) in [6.07, 6.45) is 1.09. The highest BCUT2D eigenvalue weighted by atomic mass is 32.2. The molecule has 0 spiro atoms. The van der Waals surface area contributed by atoms with E-state index in [9.17, 15) is 5.11 Å². The van der Waals surface area contributed by atoms with Gasteiger partial charge in [-0.3, -0.25) is 4.68 Å². The monoisotopic (exact) mass is 256 g/mol. The molecule has 5 heteroatoms. The summed E-state index contributed by atoms with van der Waals surface area (Å²) >= 11 is 1.85. The topological polar surface area (TPSA) is 47.3 Å². The van der Waals surface area contributed by atoms with Gasteiger partial charge in [0.05, 0.1) is 24.5 Å². The number of aromatic nitrogens is 2. The highest BCUT2D eigenvalue weighted by Gasteiger charge is 2.24. The Labute approximate surface area is 106 Å². The SMILES string of the molecule is CCc1cc(CC(O)C2CSCCO2)n(C)n1. The second-order valence-electron chi connectivity index (χ2n) is 4.36. The third-order valence-corrected chi connectivity index (χ3v) is 4.10. The summed E-state index contributed by atoms with van der Waals surface area (Å²) in [7, 11) is 1.93. The Bertz CT molecular complexity index is 361. The lowest BCUT2D eigenvalue weighted by Crippen LogP contribution is -2.36. The van der Waals surface area contributed by atoms with Gasteiger partial charge in [0, 0.05) is 30.7 Å². The molecule has 4 nitrogen and oxygen atoms in total. The van der Waals surface area contributed by atoms with Crippen molar-refractivity contribution in [3.8, 4) is 0 Å². The van der Waals surface area contributed by atoms with Crippen LogP contribution in [0.4, 0.5) is 0 Å². The van der Waals surface area contributed by atoms with Gasteiger partial charge in [0.25, 0.3) is 0 Å². The average Bonchev–Trinajstić information content (AvgIpc) is 2.71. The van der Waals surface area contributed by atoms with Crippen LogP contribution in [-0.4, -0.2) is 45.2 Å². The van der Waals surface area contributed by atoms with Crippen molar-refractivity contribution >= 4 is 11.8 Å². The molecule has 2 rings (SSSR count). The van der Waals surface area contributed by atoms with Gasteiger partial charge in [-0.2, -0.15) is 16.9 Å². The van der Waals surface area contributed by atoms with Crippen LogP contribution in [0.1, 0.15) is 18.3 Å². The van der Waals surface area contributed by atoms with Crippen LogP contribution in [0, 0.1) is 0 Å². The Balaban J connectivity index is 1.96. The number of hydrogen-bond acceptors (Lipinski definition) is 4. The molecule has 1 fully saturated rings. The van der Waals surface area contributed by atoms with Gasteiger partial charge in [0.15, 0.2) is 0 Å². The molecule has 17 heavy (non-hydrogen) atoms. The zero-order chi connectivity index (χ0) is 12.3. The summed E-state index contributed by atoms with van der Waals surface area (Å²) in [6.45, 7) is 2.83. The minimum Gasteiger partial charge on any atom is -0.390 e. The van der Waals surface area contributed by atoms with Crippen molar-refractivity contribution in [2.24, 2.45) is 7.05 Å². The molecule has 1 saturated heterocycles. The van der Waals surface area contributed by atoms with Crippen molar-refractivity contribution in [1.29, 1.82) is 0 Å². The molecule has 1 aliphatic rings. The molecule has 0 amide bonds. The summed E-state index contributed by atoms with van der Waals surface area (Å²) in [5.74, 6) is 1.93. The standard InChI is InChI=1S/C12H20N2O2S/c1-3-9-6-10(14(2)13-9)7-11(15)12-8-17-5-4-16-12/h6,11-12,15H,3-5,7-8H2,1-2H3. The number of aliphatic hydroxyl groups excluding tert-OH is 1. The Morgan fingerprint density at radius 1 is 1.71 bits per heavy atom. The number of aryl methyl sites for hydroxylation is 2. The maximum Gasteiger partial charge on any atom is 0.0928 e. The summed E-state index contributed by atoms with van der Waals surface area (Å²) in [5, 5.41) is 14.5. The minimum atomic E-state index is -0.428. The van der Waals surface area contributed by atoms with Gasteiger partial charge in [0.2, 0.25) is 0 Å². The quantitative estimate of drug-likeness (QED) is 0.873. The molecule has 0 aromatic carbocycles. The molecule has 0 bridgehead atoms. The molecule has 96 valence electrons. The van der Waals surface area contributed by atoms with Crippen LogP contribution < -0.4 is 0 Å². The van der Waals surface area contributed by atoms with Crippen LogP contribution >= 0.6 is 11.8 Å². The first-order valence-electron chi connectivity index (χ1n) is 6.10. The molecule has 0 saturated carbocycles. The van der Waals surface area contributed by atoms with E-state index in [0.29, 0.717) is 6.42 Å². The van der Waals surface area contributed by atoms with E-state index in [-0.39, 0.29) is 6.10 Å². The summed E-state index contributed by atoms with van der Waals surface area (Å²) < 4.78 is 7.44. The normalized spacial score (nSPS) is 22.6. The first kappa shape index (κ1) is 12.9. The molecule has 1 aromatic rings. The predicted molar refractivity (Wildman–Crippen MR) is 69.4 cm³/mol. The van der Waals surface area contributed by atoms with E-state index >= 15 is 0 Å². The molecule has 1 aliphatic heterocycles. The Morgan fingerprint density at radius 3 is 3.12 bits per heavy atom. The maximum atomic E-state index is 10.2. The van der Waals surface area contributed by atoms with Gasteiger partial charge in [-0.25, -0.2) is 0 Å². The van der Waals surface area contributed by atoms with Crippen molar-refractivity contribution in [1.82, 2.24) is 9.78 Å². The second-order valence-corrected chi connectivity index (χ2v) is 5.51. The highest BCUT2D eigenvalue weighted by Crippen LogP contribution is 2.18. The van der Waals surface area contributed by atoms with Crippen LogP contribution in [0.3, 0.4) is 0 Å². The van der Waals surface area contributed by atoms with E-state index in [1.54, 1.807) is 0 Å². The fourth-order valence-corrected chi connectivity index (χ4v) is 2.94. The fraction of sp³-hybridized carbons (Fsp3) is 0.750. The third kappa shape index (κ3) is 3.24. The van der Waals surface area contributed by atoms with Crippen molar-refractivity contribution in [3.05, 3.63) is 17.5 Å². The molecule has 0 aliphatic carbocycles. The lowest BCUT2D eigenvalue weighted by molar-refractivity contribution is -0.0214. The van der Waals surface area contributed by atoms with Crippen molar-refractivity contribution in [3.63, 3.8) is 0 Å². The molecule has 1 aromatic heterocycles. The van der Waals surface area contributed by atoms with Crippen LogP contribution in [0.2, 0.25) is 0 Å². The highest BCUT2D eigenvalue weighted by molar-refractivity contribution is 7.99. The lowest BCUT2D eigenvalue weighted by Gasteiger charge is -2.26. The van der Waals surface area contributed by atoms with Gasteiger partial charge in [0.1, 0.15) is 0 Å². The molecule has 0 radical (unpaired) electrons. The Hall–Kier alpha value is -0.520. The maximum absolute atomic E-state index is 10.2. The summed E-state index contributed by atoms with van der Waals surface area (Å²) in [4.78, 5) is 0. The van der Waals surface area contributed by atoms with Crippen LogP contribution in [0.5, 0.6) is 0 Å². The molecule has 2 atom stereocenters. The lowest BCUT2D eigenvalue weighted by atomic mass is 10.1. The third-order valence-electron chi connectivity index (χ3n) is 3.08. The van der Waals surface area contributed by atoms with Crippen LogP contribution in [0.25, 0.3) is 0 Å². The van der Waals surface area contributed by atoms with Crippen LogP contribution in [0.15, 0.2) is 6.07 Å². The smallest absolute Gasteiger partial charge is 0.0928 e. The number of hydrogen-bond donors (Lipinski definition) is 1. The first-order valence-corrected chi connectivity index (χ1v) is 7.25. The van der Waals surface area contributed by atoms with Gasteiger partial charge in [-0.1, -0.05) is 6.92 Å². The van der Waals surface area contributed by atoms with Gasteiger partial charge >= 0.3 is 0 Å². The number of ether oxygens (including phenoxy) is 1. The fourth-order valence-electron chi connectivity index (χ4n) is 2.01. The number of thioether (sulfide) groups is 1. The predicted octanol–water partition coefficient (Wildman–Crippen LogP) is 1.02. The van der Waals surface area contributed by atoms with E-state index in [1.165, 1.54) is 0 Å². The summed E-state index contributed by atoms with van der Waals surface area (Å²) in [6, 6.07) is 2.07. The first-order chi connectivity index (χ1) is 8.20. The summed E-state index contributed by atoms with van der Waals surface area (Å²) in [5.41, 5.74) is 2.15. The molecular formula is C12H20N2O2S. The van der Waals surface area contributed by atoms with Gasteiger partial charge in [-0.05, 0) is 12.5 Å². The Morgan fingerprint density at radius 2 is 2.53 bits per heavy atom. The number of rotatable bonds is 4. The van der Waals surface area contributed by atoms with E-state index in [0.717, 1.165) is 35.9 Å². The van der Waals surface area contributed by atoms with E-state index < -0.39 is 6.10 Å². The molecule has 2 unspecified atom stereocenters. The van der Waals surface area contributed by atoms with Crippen molar-refractivity contribution in [2.75, 3.05) is 18.1 Å². The van der Waals surface area contributed by atoms with Gasteiger partial charge in [-0.15, -0.1) is 0 Å².